The third kappa shape index (κ3) is 5.78. The lowest BCUT2D eigenvalue weighted by atomic mass is 9.72. The minimum absolute atomic E-state index is 0.0757. The van der Waals surface area contributed by atoms with E-state index in [0.29, 0.717) is 43.1 Å². The van der Waals surface area contributed by atoms with Gasteiger partial charge in [0.05, 0.1) is 36.7 Å². The Hall–Kier alpha value is -3.95. The maximum atomic E-state index is 15.2. The van der Waals surface area contributed by atoms with E-state index in [-0.39, 0.29) is 23.1 Å². The van der Waals surface area contributed by atoms with Crippen molar-refractivity contribution in [2.45, 2.75) is 90.1 Å². The van der Waals surface area contributed by atoms with Gasteiger partial charge >= 0.3 is 0 Å². The van der Waals surface area contributed by atoms with Crippen molar-refractivity contribution in [1.29, 1.82) is 0 Å². The molecule has 4 heterocycles. The fourth-order valence-electron chi connectivity index (χ4n) is 9.12. The topological polar surface area (TPSA) is 99.6 Å². The van der Waals surface area contributed by atoms with Crippen molar-refractivity contribution >= 4 is 23.4 Å². The van der Waals surface area contributed by atoms with Crippen molar-refractivity contribution in [1.82, 2.24) is 9.80 Å². The van der Waals surface area contributed by atoms with Gasteiger partial charge in [-0.2, -0.15) is 0 Å². The first kappa shape index (κ1) is 34.9. The van der Waals surface area contributed by atoms with Crippen LogP contribution in [0.3, 0.4) is 0 Å². The fraction of sp³-hybridized carbons (Fsp3) is 0.525. The zero-order valence-electron chi connectivity index (χ0n) is 29.9. The molecular formula is C40H51N3O6. The minimum Gasteiger partial charge on any atom is -0.494 e. The van der Waals surface area contributed by atoms with Crippen LogP contribution in [0.1, 0.15) is 72.9 Å². The van der Waals surface area contributed by atoms with Gasteiger partial charge in [-0.25, -0.2) is 0 Å². The van der Waals surface area contributed by atoms with Gasteiger partial charge in [-0.1, -0.05) is 82.3 Å². The van der Waals surface area contributed by atoms with Crippen molar-refractivity contribution in [3.63, 3.8) is 0 Å². The van der Waals surface area contributed by atoms with Crippen LogP contribution >= 0.6 is 0 Å². The van der Waals surface area contributed by atoms with Crippen LogP contribution in [-0.4, -0.2) is 81.7 Å². The van der Waals surface area contributed by atoms with Crippen LogP contribution in [0.25, 0.3) is 0 Å². The van der Waals surface area contributed by atoms with E-state index in [4.69, 9.17) is 9.47 Å². The molecule has 3 amide bonds. The number of hydrogen-bond donors (Lipinski definition) is 1. The third-order valence-electron chi connectivity index (χ3n) is 10.7. The van der Waals surface area contributed by atoms with Crippen LogP contribution < -0.4 is 9.64 Å². The minimum atomic E-state index is -1.44. The predicted octanol–water partition coefficient (Wildman–Crippen LogP) is 5.70. The van der Waals surface area contributed by atoms with Crippen LogP contribution in [0.5, 0.6) is 5.75 Å². The molecule has 9 heteroatoms. The summed E-state index contributed by atoms with van der Waals surface area (Å²) < 4.78 is 12.9. The lowest BCUT2D eigenvalue weighted by Crippen LogP contribution is -2.60. The number of rotatable bonds is 9. The van der Waals surface area contributed by atoms with E-state index < -0.39 is 47.3 Å². The highest BCUT2D eigenvalue weighted by molar-refractivity contribution is 6.04. The second-order valence-electron chi connectivity index (χ2n) is 15.7. The Morgan fingerprint density at radius 3 is 2.16 bits per heavy atom. The van der Waals surface area contributed by atoms with Crippen LogP contribution in [0.4, 0.5) is 5.69 Å². The Kier molecular flexibility index (Phi) is 9.07. The monoisotopic (exact) mass is 669 g/mol. The predicted molar refractivity (Wildman–Crippen MR) is 189 cm³/mol. The average molecular weight is 670 g/mol. The van der Waals surface area contributed by atoms with Crippen molar-refractivity contribution in [2.24, 2.45) is 17.3 Å². The summed E-state index contributed by atoms with van der Waals surface area (Å²) in [5.74, 6) is -2.05. The summed E-state index contributed by atoms with van der Waals surface area (Å²) in [6.45, 7) is 15.2. The van der Waals surface area contributed by atoms with Gasteiger partial charge in [0.25, 0.3) is 0 Å². The maximum Gasteiger partial charge on any atom is 0.249 e. The quantitative estimate of drug-likeness (QED) is 0.345. The largest absolute Gasteiger partial charge is 0.494 e. The SMILES string of the molecule is CCOc1ccc(N2CC=C[C@]3(CC)O[C@]45C=CCN(C(C)(C)CC(C)(C)C)C(=O)C4N([C@H](CO)c4ccccc4)C(=O)[C@@H]5[C@@H]3C2=O)cc1. The number of carbonyl (C=O) groups is 3. The normalized spacial score (nSPS) is 29.0. The summed E-state index contributed by atoms with van der Waals surface area (Å²) in [6.07, 6.45) is 8.86. The molecule has 0 aromatic heterocycles. The molecule has 1 unspecified atom stereocenters. The van der Waals surface area contributed by atoms with E-state index in [2.05, 4.69) is 34.6 Å². The first-order chi connectivity index (χ1) is 23.2. The first-order valence-electron chi connectivity index (χ1n) is 17.6. The van der Waals surface area contributed by atoms with Gasteiger partial charge in [0.1, 0.15) is 17.4 Å². The molecule has 2 saturated heterocycles. The number of benzene rings is 2. The summed E-state index contributed by atoms with van der Waals surface area (Å²) in [7, 11) is 0. The molecule has 2 aromatic rings. The molecule has 6 rings (SSSR count). The Balaban J connectivity index is 1.51. The molecule has 0 radical (unpaired) electrons. The molecule has 2 aromatic carbocycles. The number of anilines is 1. The molecule has 1 spiro atoms. The molecule has 2 fully saturated rings. The molecular weight excluding hydrogens is 618 g/mol. The van der Waals surface area contributed by atoms with Gasteiger partial charge in [0.2, 0.25) is 17.7 Å². The fourth-order valence-corrected chi connectivity index (χ4v) is 9.12. The summed E-state index contributed by atoms with van der Waals surface area (Å²) in [5, 5.41) is 10.9. The summed E-state index contributed by atoms with van der Waals surface area (Å²) in [5.41, 5.74) is -1.81. The third-order valence-corrected chi connectivity index (χ3v) is 10.7. The van der Waals surface area contributed by atoms with Crippen LogP contribution in [-0.2, 0) is 19.1 Å². The Morgan fingerprint density at radius 2 is 1.55 bits per heavy atom. The molecule has 262 valence electrons. The van der Waals surface area contributed by atoms with E-state index >= 15 is 9.59 Å². The van der Waals surface area contributed by atoms with Crippen LogP contribution in [0.15, 0.2) is 78.9 Å². The number of aliphatic hydroxyl groups excluding tert-OH is 1. The summed E-state index contributed by atoms with van der Waals surface area (Å²) >= 11 is 0. The van der Waals surface area contributed by atoms with Crippen molar-refractivity contribution < 1.29 is 29.0 Å². The zero-order chi connectivity index (χ0) is 35.4. The number of aliphatic hydroxyl groups is 1. The van der Waals surface area contributed by atoms with Gasteiger partial charge < -0.3 is 29.3 Å². The second-order valence-corrected chi connectivity index (χ2v) is 15.7. The molecule has 0 saturated carbocycles. The van der Waals surface area contributed by atoms with Gasteiger partial charge in [0.15, 0.2) is 0 Å². The van der Waals surface area contributed by atoms with Gasteiger partial charge in [-0.05, 0) is 68.9 Å². The van der Waals surface area contributed by atoms with Crippen LogP contribution in [0.2, 0.25) is 0 Å². The Bertz CT molecular complexity index is 1630. The zero-order valence-corrected chi connectivity index (χ0v) is 29.9. The molecule has 4 aliphatic rings. The smallest absolute Gasteiger partial charge is 0.249 e. The van der Waals surface area contributed by atoms with Crippen molar-refractivity contribution in [3.05, 3.63) is 84.5 Å². The standard InChI is InChI=1S/C40H51N3O6/c1-8-39-21-13-23-41(28-17-19-29(20-18-28)48-9-2)34(45)31(39)32-35(46)43(30(25-44)27-15-11-10-12-16-27)33-36(47)42(24-14-22-40(32,33)49-39)38(6,7)26-37(3,4)5/h10-22,30-33,44H,8-9,23-26H2,1-7H3/t30-,31-,32+,33?,39+,40+/m1/s1. The lowest BCUT2D eigenvalue weighted by molar-refractivity contribution is -0.159. The number of fused-ring (bicyclic) bond motifs is 2. The van der Waals surface area contributed by atoms with Crippen molar-refractivity contribution in [2.75, 3.05) is 31.2 Å². The maximum absolute atomic E-state index is 15.2. The summed E-state index contributed by atoms with van der Waals surface area (Å²) in [6, 6.07) is 14.8. The molecule has 1 N–H and O–H groups in total. The number of carbonyl (C=O) groups excluding carboxylic acids is 3. The van der Waals surface area contributed by atoms with Gasteiger partial charge in [-0.15, -0.1) is 0 Å². The number of hydrogen-bond acceptors (Lipinski definition) is 6. The molecule has 9 nitrogen and oxygen atoms in total. The van der Waals surface area contributed by atoms with E-state index in [1.807, 2.05) is 97.6 Å². The highest BCUT2D eigenvalue weighted by atomic mass is 16.5. The number of ether oxygens (including phenoxy) is 2. The Morgan fingerprint density at radius 1 is 0.878 bits per heavy atom. The van der Waals surface area contributed by atoms with E-state index in [0.717, 1.165) is 6.42 Å². The van der Waals surface area contributed by atoms with E-state index in [1.165, 1.54) is 0 Å². The molecule has 0 aliphatic carbocycles. The van der Waals surface area contributed by atoms with E-state index in [9.17, 15) is 9.90 Å². The molecule has 49 heavy (non-hydrogen) atoms. The highest BCUT2D eigenvalue weighted by Gasteiger charge is 2.76. The van der Waals surface area contributed by atoms with Crippen molar-refractivity contribution in [3.8, 4) is 5.75 Å². The van der Waals surface area contributed by atoms with Gasteiger partial charge in [-0.3, -0.25) is 14.4 Å². The molecule has 6 atom stereocenters. The molecule has 4 aliphatic heterocycles. The van der Waals surface area contributed by atoms with Crippen LogP contribution in [0, 0.1) is 17.3 Å². The number of likely N-dealkylation sites (tertiary alicyclic amines) is 1. The molecule has 0 bridgehead atoms. The average Bonchev–Trinajstić information content (AvgIpc) is 3.33. The Labute approximate surface area is 290 Å². The first-order valence-corrected chi connectivity index (χ1v) is 17.6. The number of nitrogens with zero attached hydrogens (tertiary/aromatic N) is 3. The number of amides is 3. The summed E-state index contributed by atoms with van der Waals surface area (Å²) in [4.78, 5) is 50.5. The lowest BCUT2D eigenvalue weighted by Gasteiger charge is -2.46. The van der Waals surface area contributed by atoms with E-state index in [1.54, 1.807) is 9.80 Å². The highest BCUT2D eigenvalue weighted by Crippen LogP contribution is 2.60. The van der Waals surface area contributed by atoms with Gasteiger partial charge in [0, 0.05) is 24.3 Å². The second kappa shape index (κ2) is 12.7.